The Balaban J connectivity index is 1.60. The molecule has 27 heavy (non-hydrogen) atoms. The Morgan fingerprint density at radius 1 is 1.26 bits per heavy atom. The van der Waals surface area contributed by atoms with Gasteiger partial charge >= 0.3 is 6.03 Å². The molecule has 7 nitrogen and oxygen atoms in total. The number of aromatic nitrogens is 2. The van der Waals surface area contributed by atoms with E-state index >= 15 is 0 Å². The number of para-hydroxylation sites is 1. The van der Waals surface area contributed by atoms with Crippen LogP contribution in [0.2, 0.25) is 0 Å². The minimum absolute atomic E-state index is 0.185. The van der Waals surface area contributed by atoms with Crippen LogP contribution in [0.25, 0.3) is 5.69 Å². The molecule has 0 aliphatic heterocycles. The number of hydrogen-bond donors (Lipinski definition) is 2. The number of amides is 2. The van der Waals surface area contributed by atoms with Crippen molar-refractivity contribution < 1.29 is 13.2 Å². The van der Waals surface area contributed by atoms with Crippen molar-refractivity contribution in [3.8, 4) is 5.69 Å². The number of allylic oxidation sites excluding steroid dienone is 1. The zero-order valence-corrected chi connectivity index (χ0v) is 16.1. The first-order valence-electron chi connectivity index (χ1n) is 9.00. The smallest absolute Gasteiger partial charge is 0.319 e. The highest BCUT2D eigenvalue weighted by Gasteiger charge is 2.15. The van der Waals surface area contributed by atoms with Gasteiger partial charge in [0.2, 0.25) is 0 Å². The second-order valence-corrected chi connectivity index (χ2v) is 8.64. The molecule has 0 saturated heterocycles. The summed E-state index contributed by atoms with van der Waals surface area (Å²) in [6.45, 7) is 0.586. The molecule has 0 spiro atoms. The first kappa shape index (κ1) is 19.2. The van der Waals surface area contributed by atoms with Gasteiger partial charge in [-0.05, 0) is 44.2 Å². The van der Waals surface area contributed by atoms with Crippen LogP contribution in [0.4, 0.5) is 10.5 Å². The minimum atomic E-state index is -3.38. The van der Waals surface area contributed by atoms with E-state index in [9.17, 15) is 13.2 Å². The largest absolute Gasteiger partial charge is 0.338 e. The van der Waals surface area contributed by atoms with E-state index in [4.69, 9.17) is 0 Å². The number of rotatable bonds is 6. The number of carbonyl (C=O) groups is 1. The van der Waals surface area contributed by atoms with Gasteiger partial charge in [-0.25, -0.2) is 17.9 Å². The molecule has 0 saturated carbocycles. The number of hydrogen-bond acceptors (Lipinski definition) is 4. The number of benzene rings is 1. The van der Waals surface area contributed by atoms with Crippen LogP contribution >= 0.6 is 0 Å². The lowest BCUT2D eigenvalue weighted by molar-refractivity contribution is 0.252. The fourth-order valence-corrected chi connectivity index (χ4v) is 3.99. The van der Waals surface area contributed by atoms with Crippen molar-refractivity contribution in [2.24, 2.45) is 0 Å². The summed E-state index contributed by atoms with van der Waals surface area (Å²) in [5, 5.41) is 9.73. The van der Waals surface area contributed by atoms with E-state index in [1.54, 1.807) is 24.4 Å². The van der Waals surface area contributed by atoms with Crippen LogP contribution in [0.15, 0.2) is 53.2 Å². The molecule has 0 fully saturated rings. The predicted molar refractivity (Wildman–Crippen MR) is 105 cm³/mol. The number of carbonyl (C=O) groups excluding carboxylic acids is 1. The van der Waals surface area contributed by atoms with Gasteiger partial charge < -0.3 is 10.6 Å². The van der Waals surface area contributed by atoms with Crippen molar-refractivity contribution in [3.63, 3.8) is 0 Å². The van der Waals surface area contributed by atoms with E-state index in [1.165, 1.54) is 35.4 Å². The Hall–Kier alpha value is -2.61. The van der Waals surface area contributed by atoms with Crippen molar-refractivity contribution in [2.75, 3.05) is 18.1 Å². The van der Waals surface area contributed by atoms with E-state index in [0.717, 1.165) is 25.5 Å². The van der Waals surface area contributed by atoms with Gasteiger partial charge in [-0.15, -0.1) is 0 Å². The molecule has 144 valence electrons. The van der Waals surface area contributed by atoms with Gasteiger partial charge in [0.05, 0.1) is 28.7 Å². The third-order valence-corrected chi connectivity index (χ3v) is 5.61. The Kier molecular flexibility index (Phi) is 5.95. The van der Waals surface area contributed by atoms with Crippen LogP contribution in [0.5, 0.6) is 0 Å². The molecule has 1 heterocycles. The molecule has 0 bridgehead atoms. The molecule has 8 heteroatoms. The molecule has 1 aliphatic rings. The van der Waals surface area contributed by atoms with E-state index in [1.807, 2.05) is 0 Å². The average molecular weight is 388 g/mol. The van der Waals surface area contributed by atoms with Crippen LogP contribution in [-0.4, -0.2) is 37.0 Å². The lowest BCUT2D eigenvalue weighted by atomic mass is 9.97. The Morgan fingerprint density at radius 2 is 2.07 bits per heavy atom. The molecule has 1 aliphatic carbocycles. The maximum Gasteiger partial charge on any atom is 0.319 e. The quantitative estimate of drug-likeness (QED) is 0.743. The second kappa shape index (κ2) is 8.39. The molecular formula is C19H24N4O3S. The van der Waals surface area contributed by atoms with Gasteiger partial charge in [-0.1, -0.05) is 23.8 Å². The third-order valence-electron chi connectivity index (χ3n) is 4.47. The minimum Gasteiger partial charge on any atom is -0.338 e. The topological polar surface area (TPSA) is 93.1 Å². The van der Waals surface area contributed by atoms with Crippen LogP contribution in [0.1, 0.15) is 32.1 Å². The highest BCUT2D eigenvalue weighted by molar-refractivity contribution is 7.90. The van der Waals surface area contributed by atoms with Crippen LogP contribution in [0, 0.1) is 0 Å². The van der Waals surface area contributed by atoms with Crippen molar-refractivity contribution >= 4 is 21.6 Å². The first-order chi connectivity index (χ1) is 12.9. The van der Waals surface area contributed by atoms with E-state index in [0.29, 0.717) is 17.9 Å². The van der Waals surface area contributed by atoms with E-state index in [2.05, 4.69) is 21.8 Å². The Labute approximate surface area is 159 Å². The molecule has 1 aromatic carbocycles. The van der Waals surface area contributed by atoms with Gasteiger partial charge in [0, 0.05) is 12.8 Å². The fraction of sp³-hybridized carbons (Fsp3) is 0.368. The molecule has 2 aromatic rings. The highest BCUT2D eigenvalue weighted by Crippen LogP contribution is 2.21. The first-order valence-corrected chi connectivity index (χ1v) is 10.9. The summed E-state index contributed by atoms with van der Waals surface area (Å²) in [5.74, 6) is 0. The van der Waals surface area contributed by atoms with Crippen molar-refractivity contribution in [3.05, 3.63) is 48.3 Å². The zero-order chi connectivity index (χ0) is 19.3. The standard InChI is InChI=1S/C19H24N4O3S/c1-27(25,26)18-10-6-5-9-17(18)23-14-16(13-21-23)22-19(24)20-12-11-15-7-3-2-4-8-15/h5-7,9-10,13-14H,2-4,8,11-12H2,1H3,(H2,20,22,24). The zero-order valence-electron chi connectivity index (χ0n) is 15.3. The van der Waals surface area contributed by atoms with Crippen molar-refractivity contribution in [1.82, 2.24) is 15.1 Å². The number of nitrogens with zero attached hydrogens (tertiary/aromatic N) is 2. The van der Waals surface area contributed by atoms with E-state index in [-0.39, 0.29) is 10.9 Å². The summed E-state index contributed by atoms with van der Waals surface area (Å²) in [6, 6.07) is 6.31. The lowest BCUT2D eigenvalue weighted by Crippen LogP contribution is -2.29. The molecule has 0 atom stereocenters. The number of sulfone groups is 1. The van der Waals surface area contributed by atoms with Gasteiger partial charge in [-0.3, -0.25) is 0 Å². The Bertz CT molecular complexity index is 947. The van der Waals surface area contributed by atoms with Crippen molar-refractivity contribution in [2.45, 2.75) is 37.0 Å². The lowest BCUT2D eigenvalue weighted by Gasteiger charge is -2.13. The third kappa shape index (κ3) is 5.19. The summed E-state index contributed by atoms with van der Waals surface area (Å²) < 4.78 is 25.3. The molecule has 2 amide bonds. The monoisotopic (exact) mass is 388 g/mol. The summed E-state index contributed by atoms with van der Waals surface area (Å²) in [7, 11) is -3.38. The molecule has 3 rings (SSSR count). The molecule has 0 unspecified atom stereocenters. The summed E-state index contributed by atoms with van der Waals surface area (Å²) >= 11 is 0. The summed E-state index contributed by atoms with van der Waals surface area (Å²) in [5.41, 5.74) is 2.34. The number of urea groups is 1. The average Bonchev–Trinajstić information content (AvgIpc) is 3.10. The summed E-state index contributed by atoms with van der Waals surface area (Å²) in [4.78, 5) is 12.2. The fourth-order valence-electron chi connectivity index (χ4n) is 3.12. The molecule has 1 aromatic heterocycles. The molecular weight excluding hydrogens is 364 g/mol. The number of nitrogens with one attached hydrogen (secondary N) is 2. The summed E-state index contributed by atoms with van der Waals surface area (Å²) in [6.07, 6.45) is 12.1. The van der Waals surface area contributed by atoms with Gasteiger partial charge in [-0.2, -0.15) is 5.10 Å². The van der Waals surface area contributed by atoms with Crippen molar-refractivity contribution in [1.29, 1.82) is 0 Å². The van der Waals surface area contributed by atoms with Crippen LogP contribution in [0.3, 0.4) is 0 Å². The maximum atomic E-state index is 12.1. The van der Waals surface area contributed by atoms with E-state index < -0.39 is 9.84 Å². The van der Waals surface area contributed by atoms with Crippen LogP contribution < -0.4 is 10.6 Å². The second-order valence-electron chi connectivity index (χ2n) is 6.65. The van der Waals surface area contributed by atoms with Crippen LogP contribution in [-0.2, 0) is 9.84 Å². The van der Waals surface area contributed by atoms with Gasteiger partial charge in [0.15, 0.2) is 9.84 Å². The molecule has 0 radical (unpaired) electrons. The Morgan fingerprint density at radius 3 is 2.81 bits per heavy atom. The predicted octanol–water partition coefficient (Wildman–Crippen LogP) is 3.29. The van der Waals surface area contributed by atoms with Gasteiger partial charge in [0.25, 0.3) is 0 Å². The normalized spacial score (nSPS) is 14.5. The molecule has 2 N–H and O–H groups in total. The number of anilines is 1. The maximum absolute atomic E-state index is 12.1. The SMILES string of the molecule is CS(=O)(=O)c1ccccc1-n1cc(NC(=O)NCCC2=CCCCC2)cn1. The highest BCUT2D eigenvalue weighted by atomic mass is 32.2. The van der Waals surface area contributed by atoms with Gasteiger partial charge in [0.1, 0.15) is 0 Å².